The number of carbonyl (C=O) groups is 2. The quantitative estimate of drug-likeness (QED) is 0.731. The molecule has 0 bridgehead atoms. The molecule has 1 aromatic heterocycles. The van der Waals surface area contributed by atoms with Crippen molar-refractivity contribution in [1.82, 2.24) is 15.0 Å². The molecular weight excluding hydrogens is 380 g/mol. The van der Waals surface area contributed by atoms with Crippen LogP contribution in [0.5, 0.6) is 0 Å². The first kappa shape index (κ1) is 21.4. The van der Waals surface area contributed by atoms with Gasteiger partial charge in [0.25, 0.3) is 0 Å². The number of amides is 2. The third kappa shape index (κ3) is 5.20. The minimum absolute atomic E-state index is 0.0482. The molecule has 30 heavy (non-hydrogen) atoms. The van der Waals surface area contributed by atoms with Crippen molar-refractivity contribution in [3.8, 4) is 0 Å². The SMILES string of the molecule is C=C(/C=C\C=C/C)[C@@H]1CC=NN1C(=O)C1CCN(c2cncc(NC(C)=O)n2)CC1. The lowest BCUT2D eigenvalue weighted by Crippen LogP contribution is -2.43. The smallest absolute Gasteiger partial charge is 0.246 e. The third-order valence-electron chi connectivity index (χ3n) is 5.19. The van der Waals surface area contributed by atoms with E-state index >= 15 is 0 Å². The highest BCUT2D eigenvalue weighted by atomic mass is 16.2. The first-order valence-electron chi connectivity index (χ1n) is 10.2. The van der Waals surface area contributed by atoms with E-state index in [-0.39, 0.29) is 23.8 Å². The van der Waals surface area contributed by atoms with Crippen LogP contribution in [-0.4, -0.2) is 52.1 Å². The van der Waals surface area contributed by atoms with Crippen molar-refractivity contribution in [2.45, 2.75) is 39.2 Å². The van der Waals surface area contributed by atoms with Crippen molar-refractivity contribution >= 4 is 29.7 Å². The van der Waals surface area contributed by atoms with E-state index in [1.54, 1.807) is 17.4 Å². The molecule has 0 unspecified atom stereocenters. The number of aromatic nitrogens is 2. The zero-order valence-corrected chi connectivity index (χ0v) is 17.5. The van der Waals surface area contributed by atoms with E-state index in [1.807, 2.05) is 31.2 Å². The summed E-state index contributed by atoms with van der Waals surface area (Å²) >= 11 is 0. The molecule has 1 saturated heterocycles. The van der Waals surface area contributed by atoms with Crippen LogP contribution < -0.4 is 10.2 Å². The summed E-state index contributed by atoms with van der Waals surface area (Å²) in [6.45, 7) is 8.89. The number of nitrogens with zero attached hydrogens (tertiary/aromatic N) is 5. The summed E-state index contributed by atoms with van der Waals surface area (Å²) in [4.78, 5) is 35.0. The highest BCUT2D eigenvalue weighted by Crippen LogP contribution is 2.28. The van der Waals surface area contributed by atoms with Gasteiger partial charge >= 0.3 is 0 Å². The Morgan fingerprint density at radius 2 is 2.00 bits per heavy atom. The van der Waals surface area contributed by atoms with Gasteiger partial charge in [-0.3, -0.25) is 14.6 Å². The number of hydrazone groups is 1. The monoisotopic (exact) mass is 408 g/mol. The minimum atomic E-state index is -0.186. The lowest BCUT2D eigenvalue weighted by molar-refractivity contribution is -0.137. The molecule has 8 heteroatoms. The molecule has 2 amide bonds. The van der Waals surface area contributed by atoms with E-state index in [4.69, 9.17) is 0 Å². The molecule has 1 aromatic rings. The highest BCUT2D eigenvalue weighted by molar-refractivity contribution is 5.87. The largest absolute Gasteiger partial charge is 0.355 e. The summed E-state index contributed by atoms with van der Waals surface area (Å²) in [6, 6.07) is -0.114. The van der Waals surface area contributed by atoms with Crippen molar-refractivity contribution in [1.29, 1.82) is 0 Å². The van der Waals surface area contributed by atoms with Crippen molar-refractivity contribution in [2.75, 3.05) is 23.3 Å². The summed E-state index contributed by atoms with van der Waals surface area (Å²) in [6.07, 6.45) is 14.8. The fraction of sp³-hybridized carbons (Fsp3) is 0.409. The standard InChI is InChI=1S/C22H28N6O2/c1-4-5-6-7-16(2)19-8-11-24-28(19)22(30)18-9-12-27(13-10-18)21-15-23-14-20(26-21)25-17(3)29/h4-7,11,14-15,18-19H,2,8-10,12-13H2,1,3H3,(H,25,26,29)/b5-4-,7-6-/t19-/m0/s1. The number of anilines is 2. The lowest BCUT2D eigenvalue weighted by atomic mass is 9.94. The molecule has 0 aliphatic carbocycles. The Balaban J connectivity index is 1.59. The number of piperidine rings is 1. The molecule has 2 aliphatic rings. The Bertz CT molecular complexity index is 883. The van der Waals surface area contributed by atoms with E-state index in [0.29, 0.717) is 44.0 Å². The van der Waals surface area contributed by atoms with Gasteiger partial charge in [0.05, 0.1) is 18.4 Å². The average Bonchev–Trinajstić information content (AvgIpc) is 3.23. The first-order chi connectivity index (χ1) is 14.5. The van der Waals surface area contributed by atoms with Crippen molar-refractivity contribution < 1.29 is 9.59 Å². The Morgan fingerprint density at radius 3 is 2.70 bits per heavy atom. The molecule has 158 valence electrons. The summed E-state index contributed by atoms with van der Waals surface area (Å²) < 4.78 is 0. The zero-order valence-electron chi connectivity index (χ0n) is 17.5. The normalized spacial score (nSPS) is 19.7. The van der Waals surface area contributed by atoms with E-state index in [0.717, 1.165) is 5.57 Å². The van der Waals surface area contributed by atoms with Crippen LogP contribution in [0.4, 0.5) is 11.6 Å². The van der Waals surface area contributed by atoms with Gasteiger partial charge < -0.3 is 10.2 Å². The molecule has 1 fully saturated rings. The van der Waals surface area contributed by atoms with Crippen LogP contribution in [0.2, 0.25) is 0 Å². The molecule has 1 N–H and O–H groups in total. The second-order valence-corrected chi connectivity index (χ2v) is 7.40. The van der Waals surface area contributed by atoms with Gasteiger partial charge in [-0.05, 0) is 25.3 Å². The maximum atomic E-state index is 13.1. The Hall–Kier alpha value is -3.29. The first-order valence-corrected chi connectivity index (χ1v) is 10.2. The van der Waals surface area contributed by atoms with Gasteiger partial charge in [0.1, 0.15) is 5.82 Å². The fourth-order valence-electron chi connectivity index (χ4n) is 3.63. The molecule has 0 aromatic carbocycles. The summed E-state index contributed by atoms with van der Waals surface area (Å²) in [5, 5.41) is 8.57. The topological polar surface area (TPSA) is 90.8 Å². The summed E-state index contributed by atoms with van der Waals surface area (Å²) in [7, 11) is 0. The van der Waals surface area contributed by atoms with Gasteiger partial charge in [0.2, 0.25) is 11.8 Å². The molecular formula is C22H28N6O2. The second-order valence-electron chi connectivity index (χ2n) is 7.40. The summed E-state index contributed by atoms with van der Waals surface area (Å²) in [5.41, 5.74) is 0.876. The van der Waals surface area contributed by atoms with Crippen LogP contribution in [0.15, 0.2) is 54.0 Å². The van der Waals surface area contributed by atoms with Crippen molar-refractivity contribution in [2.24, 2.45) is 11.0 Å². The molecule has 0 spiro atoms. The summed E-state index contributed by atoms with van der Waals surface area (Å²) in [5.74, 6) is 0.905. The predicted octanol–water partition coefficient (Wildman–Crippen LogP) is 2.93. The maximum Gasteiger partial charge on any atom is 0.246 e. The minimum Gasteiger partial charge on any atom is -0.355 e. The Morgan fingerprint density at radius 1 is 1.23 bits per heavy atom. The number of hydrogen-bond acceptors (Lipinski definition) is 6. The number of allylic oxidation sites excluding steroid dienone is 3. The third-order valence-corrected chi connectivity index (χ3v) is 5.19. The molecule has 8 nitrogen and oxygen atoms in total. The predicted molar refractivity (Wildman–Crippen MR) is 118 cm³/mol. The van der Waals surface area contributed by atoms with Crippen LogP contribution in [0.1, 0.15) is 33.1 Å². The molecule has 0 radical (unpaired) electrons. The molecule has 0 saturated carbocycles. The van der Waals surface area contributed by atoms with Crippen LogP contribution in [-0.2, 0) is 9.59 Å². The second kappa shape index (κ2) is 9.96. The Kier molecular flexibility index (Phi) is 7.11. The van der Waals surface area contributed by atoms with Crippen LogP contribution in [0.25, 0.3) is 0 Å². The zero-order chi connectivity index (χ0) is 21.5. The van der Waals surface area contributed by atoms with Gasteiger partial charge in [-0.15, -0.1) is 0 Å². The van der Waals surface area contributed by atoms with E-state index in [9.17, 15) is 9.59 Å². The molecule has 2 aliphatic heterocycles. The highest BCUT2D eigenvalue weighted by Gasteiger charge is 2.34. The van der Waals surface area contributed by atoms with E-state index in [2.05, 4.69) is 31.9 Å². The van der Waals surface area contributed by atoms with Crippen molar-refractivity contribution in [3.63, 3.8) is 0 Å². The van der Waals surface area contributed by atoms with Crippen LogP contribution in [0, 0.1) is 5.92 Å². The number of rotatable bonds is 6. The molecule has 3 heterocycles. The lowest BCUT2D eigenvalue weighted by Gasteiger charge is -2.34. The van der Waals surface area contributed by atoms with E-state index in [1.165, 1.54) is 13.1 Å². The van der Waals surface area contributed by atoms with Crippen LogP contribution in [0.3, 0.4) is 0 Å². The fourth-order valence-corrected chi connectivity index (χ4v) is 3.63. The van der Waals surface area contributed by atoms with Gasteiger partial charge in [-0.1, -0.05) is 30.9 Å². The number of carbonyl (C=O) groups excluding carboxylic acids is 2. The van der Waals surface area contributed by atoms with Gasteiger partial charge in [-0.2, -0.15) is 5.10 Å². The van der Waals surface area contributed by atoms with Crippen LogP contribution >= 0.6 is 0 Å². The Labute approximate surface area is 177 Å². The van der Waals surface area contributed by atoms with E-state index < -0.39 is 0 Å². The number of hydrogen-bond donors (Lipinski definition) is 1. The maximum absolute atomic E-state index is 13.1. The number of nitrogens with one attached hydrogen (secondary N) is 1. The van der Waals surface area contributed by atoms with Crippen molar-refractivity contribution in [3.05, 3.63) is 48.8 Å². The molecule has 3 rings (SSSR count). The van der Waals surface area contributed by atoms with Gasteiger partial charge in [0.15, 0.2) is 5.82 Å². The van der Waals surface area contributed by atoms with Gasteiger partial charge in [0, 0.05) is 38.6 Å². The average molecular weight is 409 g/mol. The molecule has 1 atom stereocenters. The van der Waals surface area contributed by atoms with Gasteiger partial charge in [-0.25, -0.2) is 9.99 Å².